The molecule has 1 N–H and O–H groups in total. The van der Waals surface area contributed by atoms with Crippen LogP contribution in [-0.2, 0) is 0 Å². The minimum Gasteiger partial charge on any atom is -0.497 e. The molecule has 0 atom stereocenters. The maximum Gasteiger partial charge on any atom is 0.251 e. The number of amides is 1. The number of carbonyl (C=O) groups excluding carboxylic acids is 1. The molecule has 1 fully saturated rings. The summed E-state index contributed by atoms with van der Waals surface area (Å²) in [5.41, 5.74) is 0.810. The van der Waals surface area contributed by atoms with Gasteiger partial charge in [0.1, 0.15) is 17.9 Å². The third-order valence-electron chi connectivity index (χ3n) is 4.41. The van der Waals surface area contributed by atoms with E-state index in [9.17, 15) is 4.79 Å². The lowest BCUT2D eigenvalue weighted by Gasteiger charge is -2.29. The van der Waals surface area contributed by atoms with Gasteiger partial charge in [0.05, 0.1) is 7.11 Å². The van der Waals surface area contributed by atoms with Crippen LogP contribution in [0, 0.1) is 11.3 Å². The summed E-state index contributed by atoms with van der Waals surface area (Å²) in [6.07, 6.45) is 6.16. The van der Waals surface area contributed by atoms with Crippen molar-refractivity contribution in [2.45, 2.75) is 37.8 Å². The largest absolute Gasteiger partial charge is 0.497 e. The Kier molecular flexibility index (Phi) is 5.64. The molecule has 0 aliphatic heterocycles. The Balaban J connectivity index is 1.50. The van der Waals surface area contributed by atoms with Crippen molar-refractivity contribution >= 4 is 5.91 Å². The van der Waals surface area contributed by atoms with Crippen LogP contribution in [0.15, 0.2) is 36.7 Å². The zero-order valence-corrected chi connectivity index (χ0v) is 14.5. The van der Waals surface area contributed by atoms with Crippen LogP contribution in [0.25, 0.3) is 0 Å². The van der Waals surface area contributed by atoms with Crippen molar-refractivity contribution in [3.8, 4) is 17.7 Å². The Morgan fingerprint density at radius 3 is 2.50 bits per heavy atom. The van der Waals surface area contributed by atoms with Crippen LogP contribution in [0.4, 0.5) is 0 Å². The molecule has 1 heterocycles. The van der Waals surface area contributed by atoms with Gasteiger partial charge >= 0.3 is 0 Å². The van der Waals surface area contributed by atoms with Crippen molar-refractivity contribution in [3.63, 3.8) is 0 Å². The van der Waals surface area contributed by atoms with Crippen molar-refractivity contribution in [3.05, 3.63) is 47.9 Å². The maximum atomic E-state index is 12.3. The highest BCUT2D eigenvalue weighted by atomic mass is 16.5. The van der Waals surface area contributed by atoms with E-state index in [0.717, 1.165) is 31.4 Å². The first-order chi connectivity index (χ1) is 12.7. The van der Waals surface area contributed by atoms with Gasteiger partial charge < -0.3 is 14.8 Å². The number of benzene rings is 1. The summed E-state index contributed by atoms with van der Waals surface area (Å²) >= 11 is 0. The predicted octanol–water partition coefficient (Wildman–Crippen LogP) is 2.48. The molecule has 7 nitrogen and oxygen atoms in total. The first-order valence-electron chi connectivity index (χ1n) is 8.52. The Bertz CT molecular complexity index is 793. The van der Waals surface area contributed by atoms with Crippen LogP contribution in [0.1, 0.15) is 41.7 Å². The summed E-state index contributed by atoms with van der Waals surface area (Å²) in [4.78, 5) is 20.4. The lowest BCUT2D eigenvalue weighted by atomic mass is 9.92. The van der Waals surface area contributed by atoms with Gasteiger partial charge in [-0.05, 0) is 49.9 Å². The average Bonchev–Trinajstić information content (AvgIpc) is 2.70. The SMILES string of the molecule is COc1ccc(C(=O)NC2CCC(Oc3nccnc3C#N)CC2)cc1. The van der Waals surface area contributed by atoms with E-state index in [1.807, 2.05) is 6.07 Å². The first-order valence-corrected chi connectivity index (χ1v) is 8.52. The zero-order chi connectivity index (χ0) is 18.4. The number of rotatable bonds is 5. The lowest BCUT2D eigenvalue weighted by Crippen LogP contribution is -2.39. The van der Waals surface area contributed by atoms with E-state index >= 15 is 0 Å². The van der Waals surface area contributed by atoms with Gasteiger partial charge in [-0.2, -0.15) is 5.26 Å². The zero-order valence-electron chi connectivity index (χ0n) is 14.5. The highest BCUT2D eigenvalue weighted by Gasteiger charge is 2.25. The minimum atomic E-state index is -0.0854. The molecule has 2 aromatic rings. The van der Waals surface area contributed by atoms with Crippen LogP contribution < -0.4 is 14.8 Å². The van der Waals surface area contributed by atoms with Crippen molar-refractivity contribution in [2.24, 2.45) is 0 Å². The second kappa shape index (κ2) is 8.30. The fourth-order valence-corrected chi connectivity index (χ4v) is 2.98. The maximum absolute atomic E-state index is 12.3. The van der Waals surface area contributed by atoms with Crippen LogP contribution in [-0.4, -0.2) is 35.1 Å². The minimum absolute atomic E-state index is 0.0204. The molecule has 0 saturated heterocycles. The quantitative estimate of drug-likeness (QED) is 0.888. The molecule has 0 unspecified atom stereocenters. The van der Waals surface area contributed by atoms with Crippen molar-refractivity contribution in [2.75, 3.05) is 7.11 Å². The summed E-state index contributed by atoms with van der Waals surface area (Å²) in [6, 6.07) is 9.14. The fourth-order valence-electron chi connectivity index (χ4n) is 2.98. The molecular formula is C19H20N4O3. The number of nitrogens with zero attached hydrogens (tertiary/aromatic N) is 3. The Hall–Kier alpha value is -3.14. The van der Waals surface area contributed by atoms with Gasteiger partial charge in [0, 0.05) is 24.0 Å². The number of nitrogens with one attached hydrogen (secondary N) is 1. The number of hydrogen-bond acceptors (Lipinski definition) is 6. The smallest absolute Gasteiger partial charge is 0.251 e. The van der Waals surface area contributed by atoms with Crippen LogP contribution >= 0.6 is 0 Å². The average molecular weight is 352 g/mol. The summed E-state index contributed by atoms with van der Waals surface area (Å²) < 4.78 is 10.9. The van der Waals surface area contributed by atoms with E-state index in [4.69, 9.17) is 14.7 Å². The first kappa shape index (κ1) is 17.7. The lowest BCUT2D eigenvalue weighted by molar-refractivity contribution is 0.0889. The Labute approximate surface area is 152 Å². The van der Waals surface area contributed by atoms with Crippen molar-refractivity contribution < 1.29 is 14.3 Å². The molecule has 1 aliphatic carbocycles. The molecule has 26 heavy (non-hydrogen) atoms. The molecule has 7 heteroatoms. The summed E-state index contributed by atoms with van der Waals surface area (Å²) in [5, 5.41) is 12.1. The van der Waals surface area contributed by atoms with E-state index < -0.39 is 0 Å². The van der Waals surface area contributed by atoms with E-state index in [2.05, 4.69) is 15.3 Å². The molecular weight excluding hydrogens is 332 g/mol. The standard InChI is InChI=1S/C19H20N4O3/c1-25-15-6-2-13(3-7-15)18(24)23-14-4-8-16(9-5-14)26-19-17(12-20)21-10-11-22-19/h2-3,6-7,10-11,14,16H,4-5,8-9H2,1H3,(H,23,24). The summed E-state index contributed by atoms with van der Waals surface area (Å²) in [6.45, 7) is 0. The molecule has 0 bridgehead atoms. The second-order valence-corrected chi connectivity index (χ2v) is 6.12. The van der Waals surface area contributed by atoms with E-state index in [0.29, 0.717) is 5.56 Å². The molecule has 1 saturated carbocycles. The molecule has 134 valence electrons. The van der Waals surface area contributed by atoms with Gasteiger partial charge in [-0.3, -0.25) is 4.79 Å². The molecule has 3 rings (SSSR count). The number of ether oxygens (including phenoxy) is 2. The van der Waals surface area contributed by atoms with E-state index in [1.54, 1.807) is 31.4 Å². The van der Waals surface area contributed by atoms with E-state index in [1.165, 1.54) is 12.4 Å². The number of nitriles is 1. The predicted molar refractivity (Wildman–Crippen MR) is 93.9 cm³/mol. The third-order valence-corrected chi connectivity index (χ3v) is 4.41. The van der Waals surface area contributed by atoms with Gasteiger partial charge in [-0.15, -0.1) is 0 Å². The van der Waals surface area contributed by atoms with Gasteiger partial charge in [0.15, 0.2) is 0 Å². The molecule has 1 aliphatic rings. The monoisotopic (exact) mass is 352 g/mol. The molecule has 1 aromatic carbocycles. The molecule has 0 spiro atoms. The van der Waals surface area contributed by atoms with Gasteiger partial charge in [0.2, 0.25) is 5.69 Å². The topological polar surface area (TPSA) is 97.1 Å². The molecule has 1 amide bonds. The highest BCUT2D eigenvalue weighted by molar-refractivity contribution is 5.94. The van der Waals surface area contributed by atoms with Crippen LogP contribution in [0.3, 0.4) is 0 Å². The summed E-state index contributed by atoms with van der Waals surface area (Å²) in [5.74, 6) is 0.915. The molecule has 0 radical (unpaired) electrons. The number of methoxy groups -OCH3 is 1. The Morgan fingerprint density at radius 2 is 1.85 bits per heavy atom. The van der Waals surface area contributed by atoms with Crippen LogP contribution in [0.5, 0.6) is 11.6 Å². The van der Waals surface area contributed by atoms with Gasteiger partial charge in [-0.25, -0.2) is 9.97 Å². The Morgan fingerprint density at radius 1 is 1.15 bits per heavy atom. The van der Waals surface area contributed by atoms with Crippen LogP contribution in [0.2, 0.25) is 0 Å². The molecule has 1 aromatic heterocycles. The van der Waals surface area contributed by atoms with Crippen molar-refractivity contribution in [1.82, 2.24) is 15.3 Å². The summed E-state index contributed by atoms with van der Waals surface area (Å²) in [7, 11) is 1.59. The van der Waals surface area contributed by atoms with E-state index in [-0.39, 0.29) is 29.6 Å². The normalized spacial score (nSPS) is 19.2. The van der Waals surface area contributed by atoms with Crippen molar-refractivity contribution in [1.29, 1.82) is 5.26 Å². The number of hydrogen-bond donors (Lipinski definition) is 1. The third kappa shape index (κ3) is 4.28. The highest BCUT2D eigenvalue weighted by Crippen LogP contribution is 2.24. The number of aromatic nitrogens is 2. The fraction of sp³-hybridized carbons (Fsp3) is 0.368. The second-order valence-electron chi connectivity index (χ2n) is 6.12. The number of carbonyl (C=O) groups is 1. The van der Waals surface area contributed by atoms with Gasteiger partial charge in [0.25, 0.3) is 11.8 Å². The van der Waals surface area contributed by atoms with Gasteiger partial charge in [-0.1, -0.05) is 0 Å².